The van der Waals surface area contributed by atoms with Gasteiger partial charge in [0.2, 0.25) is 10.0 Å². The van der Waals surface area contributed by atoms with Crippen molar-refractivity contribution >= 4 is 21.7 Å². The molecule has 3 rings (SSSR count). The number of nitrogens with zero attached hydrogens (tertiary/aromatic N) is 2. The predicted molar refractivity (Wildman–Crippen MR) is 126 cm³/mol. The minimum Gasteiger partial charge on any atom is -0.357 e. The average Bonchev–Trinajstić information content (AvgIpc) is 2.83. The zero-order chi connectivity index (χ0) is 23.0. The highest BCUT2D eigenvalue weighted by Gasteiger charge is 2.16. The zero-order valence-corrected chi connectivity index (χ0v) is 19.1. The molecule has 32 heavy (non-hydrogen) atoms. The highest BCUT2D eigenvalue weighted by molar-refractivity contribution is 7.89. The number of sulfonamides is 1. The number of hydrogen-bond acceptors (Lipinski definition) is 5. The predicted octanol–water partition coefficient (Wildman–Crippen LogP) is 3.34. The smallest absolute Gasteiger partial charge is 0.251 e. The maximum atomic E-state index is 12.6. The molecule has 0 fully saturated rings. The van der Waals surface area contributed by atoms with Gasteiger partial charge in [0.25, 0.3) is 5.91 Å². The minimum atomic E-state index is -3.74. The lowest BCUT2D eigenvalue weighted by Crippen LogP contribution is -2.25. The van der Waals surface area contributed by atoms with Crippen LogP contribution in [0, 0.1) is 0 Å². The maximum absolute atomic E-state index is 12.6. The molecule has 1 aromatic heterocycles. The van der Waals surface area contributed by atoms with Crippen LogP contribution in [-0.4, -0.2) is 32.4 Å². The molecule has 168 valence electrons. The molecule has 0 aliphatic rings. The van der Waals surface area contributed by atoms with Crippen molar-refractivity contribution in [2.45, 2.75) is 31.8 Å². The number of benzene rings is 2. The highest BCUT2D eigenvalue weighted by Crippen LogP contribution is 2.14. The maximum Gasteiger partial charge on any atom is 0.251 e. The van der Waals surface area contributed by atoms with Crippen molar-refractivity contribution in [3.05, 3.63) is 89.6 Å². The Kier molecular flexibility index (Phi) is 7.97. The van der Waals surface area contributed by atoms with E-state index < -0.39 is 10.0 Å². The molecule has 0 spiro atoms. The second-order valence-electron chi connectivity index (χ2n) is 7.22. The Balaban J connectivity index is 1.62. The third-order valence-electron chi connectivity index (χ3n) is 5.07. The van der Waals surface area contributed by atoms with E-state index in [0.29, 0.717) is 6.54 Å². The van der Waals surface area contributed by atoms with Gasteiger partial charge in [0.15, 0.2) is 0 Å². The fourth-order valence-corrected chi connectivity index (χ4v) is 4.27. The van der Waals surface area contributed by atoms with E-state index in [1.165, 1.54) is 12.1 Å². The lowest BCUT2D eigenvalue weighted by Gasteiger charge is -2.19. The summed E-state index contributed by atoms with van der Waals surface area (Å²) in [6.45, 7) is 6.37. The van der Waals surface area contributed by atoms with Crippen LogP contribution in [0.4, 0.5) is 5.82 Å². The first-order chi connectivity index (χ1) is 15.4. The van der Waals surface area contributed by atoms with Gasteiger partial charge in [0, 0.05) is 37.9 Å². The van der Waals surface area contributed by atoms with Gasteiger partial charge in [-0.15, -0.1) is 0 Å². The highest BCUT2D eigenvalue weighted by atomic mass is 32.2. The molecule has 1 heterocycles. The van der Waals surface area contributed by atoms with E-state index in [1.54, 1.807) is 18.3 Å². The van der Waals surface area contributed by atoms with Crippen LogP contribution < -0.4 is 14.9 Å². The largest absolute Gasteiger partial charge is 0.357 e. The van der Waals surface area contributed by atoms with Gasteiger partial charge in [0.05, 0.1) is 4.90 Å². The second kappa shape index (κ2) is 10.9. The monoisotopic (exact) mass is 452 g/mol. The van der Waals surface area contributed by atoms with Crippen LogP contribution in [0.5, 0.6) is 0 Å². The number of carbonyl (C=O) groups is 1. The van der Waals surface area contributed by atoms with Crippen LogP contribution in [0.15, 0.2) is 77.8 Å². The third-order valence-corrected chi connectivity index (χ3v) is 6.46. The van der Waals surface area contributed by atoms with E-state index in [2.05, 4.69) is 33.8 Å². The van der Waals surface area contributed by atoms with Crippen molar-refractivity contribution in [2.75, 3.05) is 18.0 Å². The standard InChI is InChI=1S/C24H28N4O3S/c1-3-28(4-2)23-14-13-20(16-25-23)17-26-24(29)21-11-8-12-22(15-21)32(30,31)27-18-19-9-6-5-7-10-19/h5-16,27H,3-4,17-18H2,1-2H3,(H,26,29). The average molecular weight is 453 g/mol. The topological polar surface area (TPSA) is 91.4 Å². The summed E-state index contributed by atoms with van der Waals surface area (Å²) >= 11 is 0. The Morgan fingerprint density at radius 3 is 2.31 bits per heavy atom. The molecule has 0 radical (unpaired) electrons. The molecular weight excluding hydrogens is 424 g/mol. The van der Waals surface area contributed by atoms with E-state index in [1.807, 2.05) is 42.5 Å². The number of hydrogen-bond donors (Lipinski definition) is 2. The number of amides is 1. The van der Waals surface area contributed by atoms with Gasteiger partial charge < -0.3 is 10.2 Å². The Labute approximate surface area is 189 Å². The van der Waals surface area contributed by atoms with Gasteiger partial charge >= 0.3 is 0 Å². The number of anilines is 1. The van der Waals surface area contributed by atoms with Crippen molar-refractivity contribution in [1.29, 1.82) is 0 Å². The van der Waals surface area contributed by atoms with E-state index in [-0.39, 0.29) is 22.9 Å². The number of pyridine rings is 1. The van der Waals surface area contributed by atoms with Crippen LogP contribution in [0.2, 0.25) is 0 Å². The fraction of sp³-hybridized carbons (Fsp3) is 0.250. The van der Waals surface area contributed by atoms with Gasteiger partial charge in [-0.25, -0.2) is 18.1 Å². The summed E-state index contributed by atoms with van der Waals surface area (Å²) in [6.07, 6.45) is 1.74. The van der Waals surface area contributed by atoms with E-state index >= 15 is 0 Å². The second-order valence-corrected chi connectivity index (χ2v) is 8.98. The molecule has 0 saturated carbocycles. The number of aromatic nitrogens is 1. The number of carbonyl (C=O) groups excluding carboxylic acids is 1. The molecule has 0 bridgehead atoms. The summed E-state index contributed by atoms with van der Waals surface area (Å²) < 4.78 is 27.8. The first-order valence-electron chi connectivity index (χ1n) is 10.5. The van der Waals surface area contributed by atoms with Gasteiger partial charge in [-0.1, -0.05) is 42.5 Å². The number of rotatable bonds is 10. The third kappa shape index (κ3) is 6.15. The van der Waals surface area contributed by atoms with E-state index in [9.17, 15) is 13.2 Å². The quantitative estimate of drug-likeness (QED) is 0.492. The van der Waals surface area contributed by atoms with E-state index in [0.717, 1.165) is 30.0 Å². The number of nitrogens with one attached hydrogen (secondary N) is 2. The molecule has 0 aliphatic heterocycles. The minimum absolute atomic E-state index is 0.0475. The summed E-state index contributed by atoms with van der Waals surface area (Å²) in [5, 5.41) is 2.82. The molecule has 2 N–H and O–H groups in total. The Morgan fingerprint density at radius 2 is 1.66 bits per heavy atom. The molecular formula is C24H28N4O3S. The van der Waals surface area contributed by atoms with Crippen molar-refractivity contribution in [2.24, 2.45) is 0 Å². The van der Waals surface area contributed by atoms with Crippen LogP contribution in [0.25, 0.3) is 0 Å². The molecule has 3 aromatic rings. The van der Waals surface area contributed by atoms with Crippen molar-refractivity contribution in [3.8, 4) is 0 Å². The van der Waals surface area contributed by atoms with Crippen molar-refractivity contribution < 1.29 is 13.2 Å². The van der Waals surface area contributed by atoms with Gasteiger partial charge in [-0.2, -0.15) is 0 Å². The van der Waals surface area contributed by atoms with Gasteiger partial charge in [0.1, 0.15) is 5.82 Å². The van der Waals surface area contributed by atoms with Crippen molar-refractivity contribution in [3.63, 3.8) is 0 Å². The summed E-state index contributed by atoms with van der Waals surface area (Å²) in [4.78, 5) is 19.2. The molecule has 0 aliphatic carbocycles. The summed E-state index contributed by atoms with van der Waals surface area (Å²) in [5.41, 5.74) is 1.99. The van der Waals surface area contributed by atoms with Crippen molar-refractivity contribution in [1.82, 2.24) is 15.0 Å². The summed E-state index contributed by atoms with van der Waals surface area (Å²) in [6, 6.07) is 19.1. The van der Waals surface area contributed by atoms with Crippen LogP contribution in [0.1, 0.15) is 35.3 Å². The molecule has 8 heteroatoms. The first kappa shape index (κ1) is 23.4. The lowest BCUT2D eigenvalue weighted by molar-refractivity contribution is 0.0950. The first-order valence-corrected chi connectivity index (χ1v) is 12.0. The zero-order valence-electron chi connectivity index (χ0n) is 18.3. The Hall–Kier alpha value is -3.23. The molecule has 1 amide bonds. The van der Waals surface area contributed by atoms with E-state index in [4.69, 9.17) is 0 Å². The van der Waals surface area contributed by atoms with Crippen LogP contribution in [0.3, 0.4) is 0 Å². The lowest BCUT2D eigenvalue weighted by atomic mass is 10.2. The summed E-state index contributed by atoms with van der Waals surface area (Å²) in [7, 11) is -3.74. The molecule has 7 nitrogen and oxygen atoms in total. The van der Waals surface area contributed by atoms with Crippen LogP contribution in [-0.2, 0) is 23.1 Å². The normalized spacial score (nSPS) is 11.2. The molecule has 0 unspecified atom stereocenters. The fourth-order valence-electron chi connectivity index (χ4n) is 3.20. The molecule has 2 aromatic carbocycles. The SMILES string of the molecule is CCN(CC)c1ccc(CNC(=O)c2cccc(S(=O)(=O)NCc3ccccc3)c2)cn1. The van der Waals surface area contributed by atoms with Crippen LogP contribution >= 0.6 is 0 Å². The molecule has 0 saturated heterocycles. The summed E-state index contributed by atoms with van der Waals surface area (Å²) in [5.74, 6) is 0.545. The Bertz CT molecular complexity index is 1130. The van der Waals surface area contributed by atoms with Gasteiger partial charge in [-0.05, 0) is 49.2 Å². The Morgan fingerprint density at radius 1 is 0.906 bits per heavy atom. The molecule has 0 atom stereocenters. The van der Waals surface area contributed by atoms with Gasteiger partial charge in [-0.3, -0.25) is 4.79 Å².